The van der Waals surface area contributed by atoms with Gasteiger partial charge in [-0.2, -0.15) is 0 Å². The second-order valence-corrected chi connectivity index (χ2v) is 6.09. The quantitative estimate of drug-likeness (QED) is 0.710. The summed E-state index contributed by atoms with van der Waals surface area (Å²) in [6, 6.07) is 0. The first-order chi connectivity index (χ1) is 7.32. The summed E-state index contributed by atoms with van der Waals surface area (Å²) in [4.78, 5) is 0. The Morgan fingerprint density at radius 3 is 2.56 bits per heavy atom. The van der Waals surface area contributed by atoms with Crippen molar-refractivity contribution in [3.63, 3.8) is 0 Å². The Balaban J connectivity index is 2.84. The van der Waals surface area contributed by atoms with Crippen LogP contribution in [0.3, 0.4) is 0 Å². The van der Waals surface area contributed by atoms with E-state index in [1.807, 2.05) is 0 Å². The summed E-state index contributed by atoms with van der Waals surface area (Å²) in [6.45, 7) is 14.4. The lowest BCUT2D eigenvalue weighted by Crippen LogP contribution is -2.47. The summed E-state index contributed by atoms with van der Waals surface area (Å²) in [5.74, 6) is 0.308. The molecule has 1 aliphatic rings. The third-order valence-electron chi connectivity index (χ3n) is 4.16. The lowest BCUT2D eigenvalue weighted by Gasteiger charge is -2.48. The summed E-state index contributed by atoms with van der Waals surface area (Å²) in [6.07, 6.45) is 6.94. The molecule has 1 aliphatic carbocycles. The fourth-order valence-electron chi connectivity index (χ4n) is 3.13. The summed E-state index contributed by atoms with van der Waals surface area (Å²) in [5, 5.41) is 10.6. The average molecular weight is 222 g/mol. The van der Waals surface area contributed by atoms with Gasteiger partial charge in [0.15, 0.2) is 0 Å². The van der Waals surface area contributed by atoms with Crippen molar-refractivity contribution in [1.29, 1.82) is 0 Å². The molecular formula is C15H26O. The van der Waals surface area contributed by atoms with Crippen molar-refractivity contribution < 1.29 is 5.11 Å². The molecule has 1 rings (SSSR count). The highest BCUT2D eigenvalue weighted by molar-refractivity contribution is 5.08. The number of hydrogen-bond acceptors (Lipinski definition) is 1. The van der Waals surface area contributed by atoms with Crippen LogP contribution in [0.4, 0.5) is 0 Å². The van der Waals surface area contributed by atoms with E-state index in [1.165, 1.54) is 12.0 Å². The van der Waals surface area contributed by atoms with E-state index in [2.05, 4.69) is 33.9 Å². The van der Waals surface area contributed by atoms with Crippen LogP contribution in [0.1, 0.15) is 52.9 Å². The molecule has 0 aromatic rings. The van der Waals surface area contributed by atoms with Crippen molar-refractivity contribution in [2.75, 3.05) is 0 Å². The largest absolute Gasteiger partial charge is 0.385 e. The van der Waals surface area contributed by atoms with Gasteiger partial charge in [0.1, 0.15) is 0 Å². The second kappa shape index (κ2) is 4.75. The van der Waals surface area contributed by atoms with Crippen molar-refractivity contribution in [3.8, 4) is 0 Å². The third kappa shape index (κ3) is 2.76. The minimum Gasteiger partial charge on any atom is -0.385 e. The minimum absolute atomic E-state index is 0.205. The summed E-state index contributed by atoms with van der Waals surface area (Å²) in [7, 11) is 0. The van der Waals surface area contributed by atoms with E-state index in [-0.39, 0.29) is 5.41 Å². The molecule has 0 aromatic heterocycles. The molecule has 0 bridgehead atoms. The number of allylic oxidation sites excluding steroid dienone is 1. The van der Waals surface area contributed by atoms with E-state index >= 15 is 0 Å². The van der Waals surface area contributed by atoms with Gasteiger partial charge in [-0.25, -0.2) is 0 Å². The molecule has 0 aliphatic heterocycles. The molecule has 0 radical (unpaired) electrons. The Labute approximate surface area is 100 Å². The number of hydrogen-bond donors (Lipinski definition) is 1. The van der Waals surface area contributed by atoms with Crippen molar-refractivity contribution in [3.05, 3.63) is 24.8 Å². The van der Waals surface area contributed by atoms with E-state index in [4.69, 9.17) is 0 Å². The molecule has 1 heteroatoms. The fourth-order valence-corrected chi connectivity index (χ4v) is 3.13. The van der Waals surface area contributed by atoms with Crippen molar-refractivity contribution in [1.82, 2.24) is 0 Å². The van der Waals surface area contributed by atoms with Crippen LogP contribution in [0.25, 0.3) is 0 Å². The van der Waals surface area contributed by atoms with Crippen molar-refractivity contribution in [2.45, 2.75) is 58.5 Å². The predicted octanol–water partition coefficient (Wildman–Crippen LogP) is 4.09. The van der Waals surface area contributed by atoms with Crippen LogP contribution in [-0.4, -0.2) is 10.7 Å². The topological polar surface area (TPSA) is 20.2 Å². The van der Waals surface area contributed by atoms with Gasteiger partial charge < -0.3 is 5.11 Å². The summed E-state index contributed by atoms with van der Waals surface area (Å²) >= 11 is 0. The van der Waals surface area contributed by atoms with E-state index in [1.54, 1.807) is 6.08 Å². The van der Waals surface area contributed by atoms with Crippen LogP contribution in [0.15, 0.2) is 24.8 Å². The maximum Gasteiger partial charge on any atom is 0.0858 e. The molecular weight excluding hydrogens is 196 g/mol. The number of aliphatic hydroxyl groups is 1. The zero-order chi connectivity index (χ0) is 12.4. The van der Waals surface area contributed by atoms with Gasteiger partial charge in [-0.3, -0.25) is 0 Å². The maximum atomic E-state index is 10.6. The zero-order valence-corrected chi connectivity index (χ0v) is 11.1. The molecule has 16 heavy (non-hydrogen) atoms. The normalized spacial score (nSPS) is 33.4. The van der Waals surface area contributed by atoms with Crippen LogP contribution in [0.5, 0.6) is 0 Å². The van der Waals surface area contributed by atoms with Crippen LogP contribution < -0.4 is 0 Å². The van der Waals surface area contributed by atoms with E-state index in [9.17, 15) is 5.11 Å². The smallest absolute Gasteiger partial charge is 0.0858 e. The second-order valence-electron chi connectivity index (χ2n) is 6.09. The summed E-state index contributed by atoms with van der Waals surface area (Å²) < 4.78 is 0. The first kappa shape index (κ1) is 13.5. The standard InChI is InChI=1S/C15H26O/c1-6-15(16)11-7-10-14(4,5)13(15)9-8-12(2)3/h6,13,16H,1-2,7-11H2,3-5H3. The highest BCUT2D eigenvalue weighted by atomic mass is 16.3. The SMILES string of the molecule is C=CC1(O)CCCC(C)(C)C1CCC(=C)C. The monoisotopic (exact) mass is 222 g/mol. The first-order valence-corrected chi connectivity index (χ1v) is 6.32. The summed E-state index contributed by atoms with van der Waals surface area (Å²) in [5.41, 5.74) is 0.737. The maximum absolute atomic E-state index is 10.6. The molecule has 1 N–H and O–H groups in total. The van der Waals surface area contributed by atoms with E-state index in [0.29, 0.717) is 5.92 Å². The Bertz CT molecular complexity index is 277. The van der Waals surface area contributed by atoms with Crippen molar-refractivity contribution >= 4 is 0 Å². The molecule has 0 spiro atoms. The van der Waals surface area contributed by atoms with Gasteiger partial charge in [-0.05, 0) is 50.4 Å². The van der Waals surface area contributed by atoms with Crippen LogP contribution in [-0.2, 0) is 0 Å². The Kier molecular flexibility index (Phi) is 4.01. The zero-order valence-electron chi connectivity index (χ0n) is 11.1. The predicted molar refractivity (Wildman–Crippen MR) is 70.3 cm³/mol. The lowest BCUT2D eigenvalue weighted by molar-refractivity contribution is -0.0703. The number of rotatable bonds is 4. The van der Waals surface area contributed by atoms with Gasteiger partial charge in [0.25, 0.3) is 0 Å². The fraction of sp³-hybridized carbons (Fsp3) is 0.733. The molecule has 1 fully saturated rings. The van der Waals surface area contributed by atoms with Crippen LogP contribution in [0, 0.1) is 11.3 Å². The molecule has 0 heterocycles. The Morgan fingerprint density at radius 1 is 1.44 bits per heavy atom. The van der Waals surface area contributed by atoms with Gasteiger partial charge in [0, 0.05) is 0 Å². The molecule has 2 unspecified atom stereocenters. The van der Waals surface area contributed by atoms with Gasteiger partial charge in [0.05, 0.1) is 5.60 Å². The molecule has 0 saturated heterocycles. The van der Waals surface area contributed by atoms with Crippen LogP contribution in [0.2, 0.25) is 0 Å². The highest BCUT2D eigenvalue weighted by Crippen LogP contribution is 2.49. The molecule has 0 aromatic carbocycles. The van der Waals surface area contributed by atoms with Gasteiger partial charge >= 0.3 is 0 Å². The van der Waals surface area contributed by atoms with Gasteiger partial charge in [0.2, 0.25) is 0 Å². The molecule has 92 valence electrons. The highest BCUT2D eigenvalue weighted by Gasteiger charge is 2.45. The van der Waals surface area contributed by atoms with E-state index < -0.39 is 5.60 Å². The van der Waals surface area contributed by atoms with Gasteiger partial charge in [-0.1, -0.05) is 25.5 Å². The molecule has 1 nitrogen and oxygen atoms in total. The molecule has 2 atom stereocenters. The minimum atomic E-state index is -0.669. The Morgan fingerprint density at radius 2 is 2.06 bits per heavy atom. The van der Waals surface area contributed by atoms with Crippen LogP contribution >= 0.6 is 0 Å². The lowest BCUT2D eigenvalue weighted by atomic mass is 9.60. The average Bonchev–Trinajstić information content (AvgIpc) is 2.15. The van der Waals surface area contributed by atoms with E-state index in [0.717, 1.165) is 25.7 Å². The first-order valence-electron chi connectivity index (χ1n) is 6.32. The van der Waals surface area contributed by atoms with Crippen molar-refractivity contribution in [2.24, 2.45) is 11.3 Å². The molecule has 0 amide bonds. The molecule has 1 saturated carbocycles. The van der Waals surface area contributed by atoms with Gasteiger partial charge in [-0.15, -0.1) is 13.2 Å². The third-order valence-corrected chi connectivity index (χ3v) is 4.16. The Hall–Kier alpha value is -0.560.